The van der Waals surface area contributed by atoms with Gasteiger partial charge in [-0.1, -0.05) is 7.43 Å². The Balaban J connectivity index is 0.000001000. The van der Waals surface area contributed by atoms with E-state index in [1.807, 2.05) is 0 Å². The van der Waals surface area contributed by atoms with Crippen molar-refractivity contribution in [3.05, 3.63) is 10.5 Å². The minimum absolute atomic E-state index is 0. The number of carbonyl (C=O) groups excluding carboxylic acids is 1. The van der Waals surface area contributed by atoms with Gasteiger partial charge in [-0.15, -0.1) is 11.8 Å². The van der Waals surface area contributed by atoms with Gasteiger partial charge in [-0.05, 0) is 6.92 Å². The van der Waals surface area contributed by atoms with Crippen LogP contribution in [0, 0.1) is 0 Å². The van der Waals surface area contributed by atoms with Crippen LogP contribution in [0.5, 0.6) is 0 Å². The molecule has 2 nitrogen and oxygen atoms in total. The van der Waals surface area contributed by atoms with Crippen molar-refractivity contribution >= 4 is 17.5 Å². The van der Waals surface area contributed by atoms with E-state index in [4.69, 9.17) is 5.11 Å². The molecule has 1 heterocycles. The van der Waals surface area contributed by atoms with Crippen molar-refractivity contribution in [2.45, 2.75) is 20.8 Å². The summed E-state index contributed by atoms with van der Waals surface area (Å²) in [6.07, 6.45) is 0.625. The average molecular weight is 174 g/mol. The summed E-state index contributed by atoms with van der Waals surface area (Å²) < 4.78 is 0. The normalized spacial score (nSPS) is 18.2. The topological polar surface area (TPSA) is 37.3 Å². The van der Waals surface area contributed by atoms with Crippen molar-refractivity contribution in [3.8, 4) is 0 Å². The molecule has 0 aromatic rings. The van der Waals surface area contributed by atoms with Crippen molar-refractivity contribution in [1.29, 1.82) is 0 Å². The molecule has 3 heteroatoms. The van der Waals surface area contributed by atoms with E-state index in [1.165, 1.54) is 0 Å². The summed E-state index contributed by atoms with van der Waals surface area (Å²) >= 11 is 1.58. The molecular formula is C8H14O2S. The maximum Gasteiger partial charge on any atom is 0.160 e. The van der Waals surface area contributed by atoms with Crippen molar-refractivity contribution < 1.29 is 9.90 Å². The zero-order valence-electron chi connectivity index (χ0n) is 5.89. The molecule has 0 aromatic heterocycles. The molecule has 0 unspecified atom stereocenters. The lowest BCUT2D eigenvalue weighted by atomic mass is 10.1. The van der Waals surface area contributed by atoms with Gasteiger partial charge < -0.3 is 5.11 Å². The van der Waals surface area contributed by atoms with Gasteiger partial charge in [0.1, 0.15) is 0 Å². The first kappa shape index (κ1) is 10.7. The summed E-state index contributed by atoms with van der Waals surface area (Å²) in [7, 11) is 0. The van der Waals surface area contributed by atoms with E-state index in [1.54, 1.807) is 18.7 Å². The average Bonchev–Trinajstić information content (AvgIpc) is 1.95. The number of hydrogen-bond acceptors (Lipinski definition) is 3. The summed E-state index contributed by atoms with van der Waals surface area (Å²) in [6, 6.07) is 0. The molecule has 64 valence electrons. The first-order valence-electron chi connectivity index (χ1n) is 3.22. The minimum atomic E-state index is 0. The van der Waals surface area contributed by atoms with E-state index in [2.05, 4.69) is 0 Å². The Kier molecular flexibility index (Phi) is 4.45. The lowest BCUT2D eigenvalue weighted by Gasteiger charge is -2.13. The van der Waals surface area contributed by atoms with Crippen LogP contribution in [-0.4, -0.2) is 23.2 Å². The molecule has 0 spiro atoms. The van der Waals surface area contributed by atoms with Crippen LogP contribution < -0.4 is 0 Å². The zero-order valence-corrected chi connectivity index (χ0v) is 6.70. The number of aliphatic hydroxyl groups is 1. The van der Waals surface area contributed by atoms with E-state index in [9.17, 15) is 4.79 Å². The Labute approximate surface area is 71.7 Å². The molecule has 0 amide bonds. The monoisotopic (exact) mass is 174 g/mol. The third-order valence-electron chi connectivity index (χ3n) is 1.59. The van der Waals surface area contributed by atoms with Gasteiger partial charge in [0.15, 0.2) is 5.78 Å². The van der Waals surface area contributed by atoms with Gasteiger partial charge in [0, 0.05) is 22.7 Å². The van der Waals surface area contributed by atoms with E-state index >= 15 is 0 Å². The van der Waals surface area contributed by atoms with Gasteiger partial charge in [-0.2, -0.15) is 0 Å². The van der Waals surface area contributed by atoms with Crippen LogP contribution in [-0.2, 0) is 4.79 Å². The number of rotatable bonds is 1. The van der Waals surface area contributed by atoms with Gasteiger partial charge in [-0.25, -0.2) is 0 Å². The van der Waals surface area contributed by atoms with Crippen molar-refractivity contribution in [2.24, 2.45) is 0 Å². The Morgan fingerprint density at radius 1 is 1.64 bits per heavy atom. The summed E-state index contributed by atoms with van der Waals surface area (Å²) in [6.45, 7) is 1.79. The SMILES string of the molecule is C.CC1=C(CO)SCCC1=O. The van der Waals surface area contributed by atoms with Gasteiger partial charge in [0.25, 0.3) is 0 Å². The number of Topliss-reactive ketones (excluding diaryl/α,β-unsaturated/α-hetero) is 1. The molecule has 1 aliphatic rings. The number of aliphatic hydroxyl groups excluding tert-OH is 1. The molecule has 11 heavy (non-hydrogen) atoms. The van der Waals surface area contributed by atoms with Crippen LogP contribution in [0.1, 0.15) is 20.8 Å². The Morgan fingerprint density at radius 3 is 2.73 bits per heavy atom. The number of ketones is 1. The number of carbonyl (C=O) groups is 1. The van der Waals surface area contributed by atoms with E-state index in [0.717, 1.165) is 16.2 Å². The maximum atomic E-state index is 11.0. The highest BCUT2D eigenvalue weighted by atomic mass is 32.2. The molecule has 0 atom stereocenters. The zero-order chi connectivity index (χ0) is 7.56. The molecule has 1 N–H and O–H groups in total. The highest BCUT2D eigenvalue weighted by Crippen LogP contribution is 2.26. The van der Waals surface area contributed by atoms with Crippen LogP contribution in [0.4, 0.5) is 0 Å². The molecule has 0 radical (unpaired) electrons. The Hall–Kier alpha value is -0.280. The quantitative estimate of drug-likeness (QED) is 0.656. The second-order valence-corrected chi connectivity index (χ2v) is 3.42. The lowest BCUT2D eigenvalue weighted by molar-refractivity contribution is -0.115. The van der Waals surface area contributed by atoms with Crippen LogP contribution in [0.2, 0.25) is 0 Å². The summed E-state index contributed by atoms with van der Waals surface area (Å²) in [4.78, 5) is 11.8. The molecule has 0 aromatic carbocycles. The number of allylic oxidation sites excluding steroid dienone is 1. The third-order valence-corrected chi connectivity index (χ3v) is 2.78. The second-order valence-electron chi connectivity index (χ2n) is 2.23. The highest BCUT2D eigenvalue weighted by molar-refractivity contribution is 8.03. The van der Waals surface area contributed by atoms with E-state index < -0.39 is 0 Å². The second kappa shape index (κ2) is 4.57. The van der Waals surface area contributed by atoms with Crippen LogP contribution in [0.25, 0.3) is 0 Å². The van der Waals surface area contributed by atoms with Crippen LogP contribution >= 0.6 is 11.8 Å². The summed E-state index contributed by atoms with van der Waals surface area (Å²) in [5.41, 5.74) is 0.749. The summed E-state index contributed by atoms with van der Waals surface area (Å²) in [5, 5.41) is 8.75. The molecule has 0 saturated heterocycles. The molecule has 0 saturated carbocycles. The molecule has 1 rings (SSSR count). The fourth-order valence-corrected chi connectivity index (χ4v) is 1.84. The minimum Gasteiger partial charge on any atom is -0.391 e. The smallest absolute Gasteiger partial charge is 0.160 e. The largest absolute Gasteiger partial charge is 0.391 e. The van der Waals surface area contributed by atoms with Crippen LogP contribution in [0.3, 0.4) is 0 Å². The first-order chi connectivity index (χ1) is 4.75. The molecule has 1 aliphatic heterocycles. The van der Waals surface area contributed by atoms with Crippen molar-refractivity contribution in [1.82, 2.24) is 0 Å². The van der Waals surface area contributed by atoms with Crippen LogP contribution in [0.15, 0.2) is 10.5 Å². The standard InChI is InChI=1S/C7H10O2S.CH4/c1-5-6(9)2-3-10-7(5)4-8;/h8H,2-4H2,1H3;1H4. The Morgan fingerprint density at radius 2 is 2.27 bits per heavy atom. The van der Waals surface area contributed by atoms with Gasteiger partial charge in [0.05, 0.1) is 6.61 Å². The highest BCUT2D eigenvalue weighted by Gasteiger charge is 2.15. The Bertz CT molecular complexity index is 185. The van der Waals surface area contributed by atoms with Gasteiger partial charge in [0.2, 0.25) is 0 Å². The molecule has 0 aliphatic carbocycles. The number of thioether (sulfide) groups is 1. The van der Waals surface area contributed by atoms with Gasteiger partial charge >= 0.3 is 0 Å². The fourth-order valence-electron chi connectivity index (χ4n) is 0.882. The maximum absolute atomic E-state index is 11.0. The summed E-state index contributed by atoms with van der Waals surface area (Å²) in [5.74, 6) is 1.01. The first-order valence-corrected chi connectivity index (χ1v) is 4.21. The van der Waals surface area contributed by atoms with Crippen molar-refractivity contribution in [3.63, 3.8) is 0 Å². The molecule has 0 bridgehead atoms. The molecular weight excluding hydrogens is 160 g/mol. The number of hydrogen-bond donors (Lipinski definition) is 1. The predicted molar refractivity (Wildman–Crippen MR) is 48.6 cm³/mol. The van der Waals surface area contributed by atoms with Crippen molar-refractivity contribution in [2.75, 3.05) is 12.4 Å². The molecule has 0 fully saturated rings. The fraction of sp³-hybridized carbons (Fsp3) is 0.625. The van der Waals surface area contributed by atoms with E-state index in [-0.39, 0.29) is 19.8 Å². The van der Waals surface area contributed by atoms with Gasteiger partial charge in [-0.3, -0.25) is 4.79 Å². The predicted octanol–water partition coefficient (Wildman–Crippen LogP) is 1.59. The third kappa shape index (κ3) is 2.34. The van der Waals surface area contributed by atoms with E-state index in [0.29, 0.717) is 6.42 Å². The lowest BCUT2D eigenvalue weighted by Crippen LogP contribution is -2.10.